The van der Waals surface area contributed by atoms with Crippen LogP contribution in [0.4, 0.5) is 0 Å². The van der Waals surface area contributed by atoms with E-state index >= 15 is 0 Å². The summed E-state index contributed by atoms with van der Waals surface area (Å²) in [6, 6.07) is 71.5. The van der Waals surface area contributed by atoms with Gasteiger partial charge in [-0.25, -0.2) is 15.0 Å². The molecule has 8 aromatic carbocycles. The molecule has 0 N–H and O–H groups in total. The molecule has 3 heteroatoms. The van der Waals surface area contributed by atoms with Crippen LogP contribution in [0.1, 0.15) is 22.3 Å². The van der Waals surface area contributed by atoms with Crippen molar-refractivity contribution >= 4 is 0 Å². The van der Waals surface area contributed by atoms with E-state index in [9.17, 15) is 0 Å². The molecule has 0 aliphatic heterocycles. The van der Waals surface area contributed by atoms with Crippen molar-refractivity contribution in [2.24, 2.45) is 0 Å². The highest BCUT2D eigenvalue weighted by Gasteiger charge is 2.51. The first-order chi connectivity index (χ1) is 27.3. The standard InChI is InChI=1S/C52H33N3/c1-3-15-36(16-4-1)49-53-50(37-17-5-2-6-18-37)55-51(54-49)43-23-8-7-19-39(43)35-29-27-34(28-30-35)38-31-32-48-44(33-38)42-22-11-14-26-47(42)52(48)45-24-12-9-20-40(45)41-21-10-13-25-46(41)52/h1-33H. The summed E-state index contributed by atoms with van der Waals surface area (Å²) in [5, 5.41) is 0. The predicted octanol–water partition coefficient (Wildman–Crippen LogP) is 12.6. The van der Waals surface area contributed by atoms with Crippen LogP contribution in [-0.2, 0) is 5.41 Å². The van der Waals surface area contributed by atoms with Crippen LogP contribution in [-0.4, -0.2) is 15.0 Å². The van der Waals surface area contributed by atoms with E-state index in [1.54, 1.807) is 0 Å². The molecule has 0 saturated heterocycles. The lowest BCUT2D eigenvalue weighted by atomic mass is 9.70. The van der Waals surface area contributed by atoms with Gasteiger partial charge in [0.05, 0.1) is 5.41 Å². The van der Waals surface area contributed by atoms with Crippen LogP contribution in [0, 0.1) is 0 Å². The van der Waals surface area contributed by atoms with Crippen LogP contribution in [0.25, 0.3) is 78.7 Å². The lowest BCUT2D eigenvalue weighted by Gasteiger charge is -2.30. The molecule has 0 saturated carbocycles. The van der Waals surface area contributed by atoms with E-state index in [1.807, 2.05) is 60.7 Å². The van der Waals surface area contributed by atoms with E-state index in [0.717, 1.165) is 27.8 Å². The maximum Gasteiger partial charge on any atom is 0.164 e. The Morgan fingerprint density at radius 2 is 0.618 bits per heavy atom. The second-order valence-electron chi connectivity index (χ2n) is 14.3. The molecular formula is C52H33N3. The molecule has 55 heavy (non-hydrogen) atoms. The molecule has 0 amide bonds. The third kappa shape index (κ3) is 4.80. The molecule has 1 heterocycles. The van der Waals surface area contributed by atoms with Gasteiger partial charge in [-0.3, -0.25) is 0 Å². The highest BCUT2D eigenvalue weighted by molar-refractivity contribution is 5.96. The van der Waals surface area contributed by atoms with Crippen molar-refractivity contribution in [3.8, 4) is 78.7 Å². The van der Waals surface area contributed by atoms with E-state index < -0.39 is 0 Å². The maximum absolute atomic E-state index is 5.04. The van der Waals surface area contributed by atoms with E-state index in [1.165, 1.54) is 55.6 Å². The van der Waals surface area contributed by atoms with Crippen LogP contribution in [0.2, 0.25) is 0 Å². The molecule has 1 aromatic heterocycles. The van der Waals surface area contributed by atoms with Crippen molar-refractivity contribution in [2.75, 3.05) is 0 Å². The third-order valence-electron chi connectivity index (χ3n) is 11.4. The topological polar surface area (TPSA) is 38.7 Å². The summed E-state index contributed by atoms with van der Waals surface area (Å²) in [5.41, 5.74) is 17.8. The van der Waals surface area contributed by atoms with Gasteiger partial charge < -0.3 is 0 Å². The number of rotatable bonds is 5. The lowest BCUT2D eigenvalue weighted by molar-refractivity contribution is 0.794. The van der Waals surface area contributed by atoms with Crippen LogP contribution in [0.15, 0.2) is 200 Å². The van der Waals surface area contributed by atoms with E-state index in [0.29, 0.717) is 17.5 Å². The largest absolute Gasteiger partial charge is 0.208 e. The number of fused-ring (bicyclic) bond motifs is 10. The van der Waals surface area contributed by atoms with Crippen molar-refractivity contribution < 1.29 is 0 Å². The zero-order chi connectivity index (χ0) is 36.3. The molecule has 0 radical (unpaired) electrons. The zero-order valence-electron chi connectivity index (χ0n) is 29.9. The molecule has 9 aromatic rings. The Morgan fingerprint density at radius 3 is 1.16 bits per heavy atom. The minimum Gasteiger partial charge on any atom is -0.208 e. The first kappa shape index (κ1) is 31.3. The van der Waals surface area contributed by atoms with E-state index in [4.69, 9.17) is 15.0 Å². The van der Waals surface area contributed by atoms with Gasteiger partial charge >= 0.3 is 0 Å². The SMILES string of the molecule is c1ccc(-c2nc(-c3ccccc3)nc(-c3ccccc3-c3ccc(-c4ccc5c(c4)-c4ccccc4C54c5ccccc5-c5ccccc54)cc3)n2)cc1. The van der Waals surface area contributed by atoms with Crippen molar-refractivity contribution in [2.45, 2.75) is 5.41 Å². The fourth-order valence-electron chi connectivity index (χ4n) is 8.98. The van der Waals surface area contributed by atoms with Gasteiger partial charge in [0.25, 0.3) is 0 Å². The number of hydrogen-bond donors (Lipinski definition) is 0. The first-order valence-electron chi connectivity index (χ1n) is 18.8. The van der Waals surface area contributed by atoms with Gasteiger partial charge in [0, 0.05) is 16.7 Å². The van der Waals surface area contributed by atoms with Crippen molar-refractivity contribution in [3.63, 3.8) is 0 Å². The molecule has 0 atom stereocenters. The van der Waals surface area contributed by atoms with Crippen LogP contribution < -0.4 is 0 Å². The van der Waals surface area contributed by atoms with Gasteiger partial charge in [-0.1, -0.05) is 194 Å². The van der Waals surface area contributed by atoms with Gasteiger partial charge in [0.15, 0.2) is 17.5 Å². The number of hydrogen-bond acceptors (Lipinski definition) is 3. The summed E-state index contributed by atoms with van der Waals surface area (Å²) in [6.45, 7) is 0. The van der Waals surface area contributed by atoms with Crippen LogP contribution >= 0.6 is 0 Å². The number of nitrogens with zero attached hydrogens (tertiary/aromatic N) is 3. The Hall–Kier alpha value is -7.23. The smallest absolute Gasteiger partial charge is 0.164 e. The summed E-state index contributed by atoms with van der Waals surface area (Å²) < 4.78 is 0. The Morgan fingerprint density at radius 1 is 0.236 bits per heavy atom. The fraction of sp³-hybridized carbons (Fsp3) is 0.0192. The Labute approximate surface area is 320 Å². The molecule has 0 bridgehead atoms. The third-order valence-corrected chi connectivity index (χ3v) is 11.4. The highest BCUT2D eigenvalue weighted by Crippen LogP contribution is 2.62. The van der Waals surface area contributed by atoms with Gasteiger partial charge in [-0.05, 0) is 72.8 Å². The minimum absolute atomic E-state index is 0.332. The molecule has 0 unspecified atom stereocenters. The normalized spacial score (nSPS) is 12.9. The molecule has 2 aliphatic rings. The maximum atomic E-state index is 5.04. The molecule has 1 spiro atoms. The Kier molecular flexibility index (Phi) is 7.08. The monoisotopic (exact) mass is 699 g/mol. The summed E-state index contributed by atoms with van der Waals surface area (Å²) in [6.07, 6.45) is 0. The summed E-state index contributed by atoms with van der Waals surface area (Å²) in [4.78, 5) is 15.0. The Bertz CT molecular complexity index is 2810. The number of aromatic nitrogens is 3. The molecule has 256 valence electrons. The van der Waals surface area contributed by atoms with Crippen molar-refractivity contribution in [1.29, 1.82) is 0 Å². The molecular weight excluding hydrogens is 667 g/mol. The van der Waals surface area contributed by atoms with Crippen LogP contribution in [0.5, 0.6) is 0 Å². The van der Waals surface area contributed by atoms with E-state index in [-0.39, 0.29) is 5.41 Å². The second kappa shape index (κ2) is 12.4. The Balaban J connectivity index is 1.00. The lowest BCUT2D eigenvalue weighted by Crippen LogP contribution is -2.25. The van der Waals surface area contributed by atoms with Gasteiger partial charge in [0.1, 0.15) is 0 Å². The zero-order valence-corrected chi connectivity index (χ0v) is 29.9. The van der Waals surface area contributed by atoms with Gasteiger partial charge in [-0.2, -0.15) is 0 Å². The highest BCUT2D eigenvalue weighted by atomic mass is 15.0. The van der Waals surface area contributed by atoms with Crippen molar-refractivity contribution in [1.82, 2.24) is 15.0 Å². The molecule has 0 fully saturated rings. The summed E-state index contributed by atoms with van der Waals surface area (Å²) in [7, 11) is 0. The molecule has 3 nitrogen and oxygen atoms in total. The summed E-state index contributed by atoms with van der Waals surface area (Å²) in [5.74, 6) is 1.95. The molecule has 11 rings (SSSR count). The first-order valence-corrected chi connectivity index (χ1v) is 18.8. The van der Waals surface area contributed by atoms with Gasteiger partial charge in [-0.15, -0.1) is 0 Å². The fourth-order valence-corrected chi connectivity index (χ4v) is 8.98. The number of benzene rings is 8. The van der Waals surface area contributed by atoms with Crippen LogP contribution in [0.3, 0.4) is 0 Å². The quantitative estimate of drug-likeness (QED) is 0.179. The average Bonchev–Trinajstić information content (AvgIpc) is 3.74. The molecule has 2 aliphatic carbocycles. The average molecular weight is 700 g/mol. The van der Waals surface area contributed by atoms with E-state index in [2.05, 4.69) is 140 Å². The predicted molar refractivity (Wildman–Crippen MR) is 223 cm³/mol. The minimum atomic E-state index is -0.332. The van der Waals surface area contributed by atoms with Crippen molar-refractivity contribution in [3.05, 3.63) is 222 Å². The second-order valence-corrected chi connectivity index (χ2v) is 14.3. The van der Waals surface area contributed by atoms with Gasteiger partial charge in [0.2, 0.25) is 0 Å². The summed E-state index contributed by atoms with van der Waals surface area (Å²) >= 11 is 0.